The summed E-state index contributed by atoms with van der Waals surface area (Å²) in [5.74, 6) is -1.17. The Morgan fingerprint density at radius 1 is 1.00 bits per heavy atom. The Morgan fingerprint density at radius 2 is 1.70 bits per heavy atom. The molecule has 0 unspecified atom stereocenters. The minimum atomic E-state index is -0.594. The van der Waals surface area contributed by atoms with Gasteiger partial charge in [-0.15, -0.1) is 11.3 Å². The summed E-state index contributed by atoms with van der Waals surface area (Å²) in [5, 5.41) is 30.4. The van der Waals surface area contributed by atoms with E-state index in [-0.39, 0.29) is 5.56 Å². The highest BCUT2D eigenvalue weighted by Crippen LogP contribution is 2.40. The van der Waals surface area contributed by atoms with Gasteiger partial charge in [0.15, 0.2) is 17.2 Å². The number of nitrogens with zero attached hydrogens (tertiary/aromatic N) is 2. The molecule has 1 aliphatic carbocycles. The third kappa shape index (κ3) is 3.02. The number of aromatic hydroxyl groups is 3. The smallest absolute Gasteiger partial charge is 0.263 e. The van der Waals surface area contributed by atoms with Gasteiger partial charge in [0.1, 0.15) is 10.7 Å². The van der Waals surface area contributed by atoms with Crippen molar-refractivity contribution in [1.29, 1.82) is 0 Å². The summed E-state index contributed by atoms with van der Waals surface area (Å²) in [6.07, 6.45) is 4.03. The summed E-state index contributed by atoms with van der Waals surface area (Å²) in [6, 6.07) is 12.3. The van der Waals surface area contributed by atoms with Crippen LogP contribution in [-0.2, 0) is 19.4 Å². The molecule has 4 aromatic rings. The molecule has 7 heteroatoms. The van der Waals surface area contributed by atoms with E-state index in [4.69, 9.17) is 4.98 Å². The van der Waals surface area contributed by atoms with E-state index in [1.54, 1.807) is 15.9 Å². The molecular weight excluding hydrogens is 400 g/mol. The van der Waals surface area contributed by atoms with E-state index in [0.29, 0.717) is 28.1 Å². The molecule has 0 aliphatic heterocycles. The Kier molecular flexibility index (Phi) is 4.47. The molecule has 6 nitrogen and oxygen atoms in total. The highest BCUT2D eigenvalue weighted by Gasteiger charge is 2.23. The molecule has 0 amide bonds. The first-order chi connectivity index (χ1) is 14.5. The SMILES string of the molecule is O=c1c2c3c(sc2nc(-c2cc(O)c(O)c(O)c2)n1Cc1ccccc1)CCCC3. The van der Waals surface area contributed by atoms with Gasteiger partial charge in [-0.05, 0) is 48.9 Å². The molecule has 2 aromatic carbocycles. The number of rotatable bonds is 3. The summed E-state index contributed by atoms with van der Waals surface area (Å²) in [6.45, 7) is 0.310. The predicted octanol–water partition coefficient (Wildman–Crippen LogP) is 4.17. The van der Waals surface area contributed by atoms with Crippen molar-refractivity contribution < 1.29 is 15.3 Å². The second kappa shape index (κ2) is 7.18. The summed E-state index contributed by atoms with van der Waals surface area (Å²) < 4.78 is 1.59. The van der Waals surface area contributed by atoms with Crippen LogP contribution in [0, 0.1) is 0 Å². The summed E-state index contributed by atoms with van der Waals surface area (Å²) in [5.41, 5.74) is 2.30. The summed E-state index contributed by atoms with van der Waals surface area (Å²) >= 11 is 1.55. The maximum Gasteiger partial charge on any atom is 0.263 e. The Hall–Kier alpha value is -3.32. The molecule has 0 radical (unpaired) electrons. The van der Waals surface area contributed by atoms with Gasteiger partial charge in [0.2, 0.25) is 0 Å². The van der Waals surface area contributed by atoms with E-state index in [1.807, 2.05) is 30.3 Å². The molecule has 2 aromatic heterocycles. The van der Waals surface area contributed by atoms with Gasteiger partial charge in [0.25, 0.3) is 5.56 Å². The van der Waals surface area contributed by atoms with Crippen LogP contribution >= 0.6 is 11.3 Å². The van der Waals surface area contributed by atoms with Crippen molar-refractivity contribution in [2.45, 2.75) is 32.2 Å². The average Bonchev–Trinajstić information content (AvgIpc) is 3.13. The summed E-state index contributed by atoms with van der Waals surface area (Å²) in [4.78, 5) is 20.4. The van der Waals surface area contributed by atoms with Crippen molar-refractivity contribution in [3.05, 3.63) is 68.8 Å². The normalized spacial score (nSPS) is 13.5. The first-order valence-electron chi connectivity index (χ1n) is 9.87. The van der Waals surface area contributed by atoms with Crippen LogP contribution in [0.25, 0.3) is 21.6 Å². The van der Waals surface area contributed by atoms with Gasteiger partial charge in [0, 0.05) is 10.4 Å². The van der Waals surface area contributed by atoms with E-state index in [2.05, 4.69) is 0 Å². The maximum atomic E-state index is 13.7. The van der Waals surface area contributed by atoms with Crippen molar-refractivity contribution in [1.82, 2.24) is 9.55 Å². The Labute approximate surface area is 176 Å². The molecule has 0 saturated carbocycles. The highest BCUT2D eigenvalue weighted by molar-refractivity contribution is 7.18. The fourth-order valence-corrected chi connectivity index (χ4v) is 5.36. The monoisotopic (exact) mass is 420 g/mol. The van der Waals surface area contributed by atoms with Crippen LogP contribution in [-0.4, -0.2) is 24.9 Å². The van der Waals surface area contributed by atoms with Gasteiger partial charge in [-0.1, -0.05) is 30.3 Å². The van der Waals surface area contributed by atoms with Crippen LogP contribution in [0.3, 0.4) is 0 Å². The maximum absolute atomic E-state index is 13.7. The second-order valence-corrected chi connectivity index (χ2v) is 8.65. The van der Waals surface area contributed by atoms with Crippen molar-refractivity contribution >= 4 is 21.6 Å². The van der Waals surface area contributed by atoms with E-state index in [1.165, 1.54) is 17.0 Å². The van der Waals surface area contributed by atoms with Crippen molar-refractivity contribution in [2.24, 2.45) is 0 Å². The van der Waals surface area contributed by atoms with Gasteiger partial charge in [-0.3, -0.25) is 9.36 Å². The zero-order chi connectivity index (χ0) is 20.8. The molecule has 0 saturated heterocycles. The first kappa shape index (κ1) is 18.7. The zero-order valence-corrected chi connectivity index (χ0v) is 16.9. The molecule has 0 spiro atoms. The fourth-order valence-electron chi connectivity index (χ4n) is 4.10. The molecule has 3 N–H and O–H groups in total. The Bertz CT molecular complexity index is 1300. The minimum Gasteiger partial charge on any atom is -0.504 e. The standard InChI is InChI=1S/C23H20N2O4S/c26-16-10-14(11-17(27)20(16)28)21-24-22-19(15-8-4-5-9-18(15)30-22)23(29)25(21)12-13-6-2-1-3-7-13/h1-3,6-7,10-11,26-28H,4-5,8-9,12H2. The molecular formula is C23H20N2O4S. The molecule has 5 rings (SSSR count). The average molecular weight is 420 g/mol. The van der Waals surface area contributed by atoms with E-state index in [0.717, 1.165) is 36.8 Å². The molecule has 30 heavy (non-hydrogen) atoms. The van der Waals surface area contributed by atoms with Gasteiger partial charge in [-0.25, -0.2) is 4.98 Å². The molecule has 0 atom stereocenters. The second-order valence-electron chi connectivity index (χ2n) is 7.57. The number of phenolic OH excluding ortho intramolecular Hbond substituents is 3. The molecule has 0 bridgehead atoms. The van der Waals surface area contributed by atoms with E-state index < -0.39 is 17.2 Å². The third-order valence-corrected chi connectivity index (χ3v) is 6.77. The molecule has 1 aliphatic rings. The van der Waals surface area contributed by atoms with Crippen LogP contribution < -0.4 is 5.56 Å². The lowest BCUT2D eigenvalue weighted by molar-refractivity contribution is 0.368. The van der Waals surface area contributed by atoms with Crippen LogP contribution in [0.1, 0.15) is 28.8 Å². The number of aromatic nitrogens is 2. The number of thiophene rings is 1. The minimum absolute atomic E-state index is 0.120. The fraction of sp³-hybridized carbons (Fsp3) is 0.217. The Balaban J connectivity index is 1.80. The third-order valence-electron chi connectivity index (χ3n) is 5.59. The lowest BCUT2D eigenvalue weighted by atomic mass is 9.97. The zero-order valence-electron chi connectivity index (χ0n) is 16.1. The summed E-state index contributed by atoms with van der Waals surface area (Å²) in [7, 11) is 0. The Morgan fingerprint density at radius 3 is 2.43 bits per heavy atom. The molecule has 0 fully saturated rings. The van der Waals surface area contributed by atoms with Gasteiger partial charge >= 0.3 is 0 Å². The number of hydrogen-bond acceptors (Lipinski definition) is 6. The van der Waals surface area contributed by atoms with Crippen molar-refractivity contribution in [2.75, 3.05) is 0 Å². The predicted molar refractivity (Wildman–Crippen MR) is 116 cm³/mol. The van der Waals surface area contributed by atoms with E-state index >= 15 is 0 Å². The molecule has 2 heterocycles. The number of phenols is 3. The number of hydrogen-bond donors (Lipinski definition) is 3. The highest BCUT2D eigenvalue weighted by atomic mass is 32.1. The van der Waals surface area contributed by atoms with Crippen LogP contribution in [0.5, 0.6) is 17.2 Å². The van der Waals surface area contributed by atoms with Crippen molar-refractivity contribution in [3.63, 3.8) is 0 Å². The van der Waals surface area contributed by atoms with Gasteiger partial charge in [0.05, 0.1) is 11.9 Å². The van der Waals surface area contributed by atoms with E-state index in [9.17, 15) is 20.1 Å². The van der Waals surface area contributed by atoms with Crippen molar-refractivity contribution in [3.8, 4) is 28.6 Å². The van der Waals surface area contributed by atoms with Crippen LogP contribution in [0.4, 0.5) is 0 Å². The van der Waals surface area contributed by atoms with Crippen LogP contribution in [0.15, 0.2) is 47.3 Å². The lowest BCUT2D eigenvalue weighted by Crippen LogP contribution is -2.24. The van der Waals surface area contributed by atoms with Crippen LogP contribution in [0.2, 0.25) is 0 Å². The quantitative estimate of drug-likeness (QED) is 0.433. The number of benzene rings is 2. The molecule has 152 valence electrons. The van der Waals surface area contributed by atoms with Gasteiger partial charge < -0.3 is 15.3 Å². The topological polar surface area (TPSA) is 95.6 Å². The number of aryl methyl sites for hydroxylation is 2. The first-order valence-corrected chi connectivity index (χ1v) is 10.7. The largest absolute Gasteiger partial charge is 0.504 e. The number of fused-ring (bicyclic) bond motifs is 3. The lowest BCUT2D eigenvalue weighted by Gasteiger charge is -2.15. The van der Waals surface area contributed by atoms with Gasteiger partial charge in [-0.2, -0.15) is 0 Å².